The molecule has 0 bridgehead atoms. The second-order valence-corrected chi connectivity index (χ2v) is 4.42. The molecular formula is C15H13NO. The van der Waals surface area contributed by atoms with Gasteiger partial charge in [0.1, 0.15) is 5.60 Å². The Morgan fingerprint density at radius 1 is 0.941 bits per heavy atom. The summed E-state index contributed by atoms with van der Waals surface area (Å²) < 4.78 is 0. The quantitative estimate of drug-likeness (QED) is 0.791. The highest BCUT2D eigenvalue weighted by Crippen LogP contribution is 2.39. The topological polar surface area (TPSA) is 32.6 Å². The van der Waals surface area contributed by atoms with E-state index in [0.29, 0.717) is 0 Å². The van der Waals surface area contributed by atoms with E-state index in [4.69, 9.17) is 0 Å². The molecule has 0 saturated heterocycles. The molecule has 0 spiro atoms. The fourth-order valence-corrected chi connectivity index (χ4v) is 2.28. The van der Waals surface area contributed by atoms with E-state index in [0.717, 1.165) is 22.5 Å². The molecule has 1 atom stereocenters. The second kappa shape index (κ2) is 3.54. The first kappa shape index (κ1) is 10.2. The summed E-state index contributed by atoms with van der Waals surface area (Å²) in [5, 5.41) is 10.6. The lowest BCUT2D eigenvalue weighted by Crippen LogP contribution is -2.29. The summed E-state index contributed by atoms with van der Waals surface area (Å²) >= 11 is 0. The van der Waals surface area contributed by atoms with Crippen LogP contribution in [0.15, 0.2) is 59.6 Å². The summed E-state index contributed by atoms with van der Waals surface area (Å²) in [5.41, 5.74) is 2.42. The van der Waals surface area contributed by atoms with Crippen molar-refractivity contribution in [1.82, 2.24) is 0 Å². The van der Waals surface area contributed by atoms with Gasteiger partial charge in [-0.25, -0.2) is 4.99 Å². The molecule has 0 radical (unpaired) electrons. The van der Waals surface area contributed by atoms with Gasteiger partial charge >= 0.3 is 0 Å². The summed E-state index contributed by atoms with van der Waals surface area (Å²) in [5.74, 6) is 0. The first-order chi connectivity index (χ1) is 8.19. The Kier molecular flexibility index (Phi) is 2.13. The number of para-hydroxylation sites is 1. The van der Waals surface area contributed by atoms with Crippen LogP contribution >= 0.6 is 0 Å². The molecule has 17 heavy (non-hydrogen) atoms. The van der Waals surface area contributed by atoms with Crippen molar-refractivity contribution in [2.75, 3.05) is 0 Å². The molecule has 84 valence electrons. The first-order valence-electron chi connectivity index (χ1n) is 5.66. The molecule has 3 rings (SSSR count). The van der Waals surface area contributed by atoms with Crippen molar-refractivity contribution in [3.05, 3.63) is 65.7 Å². The number of hydrogen-bond donors (Lipinski definition) is 1. The van der Waals surface area contributed by atoms with E-state index in [1.165, 1.54) is 0 Å². The van der Waals surface area contributed by atoms with Crippen molar-refractivity contribution in [3.63, 3.8) is 0 Å². The molecule has 2 nitrogen and oxygen atoms in total. The molecule has 0 unspecified atom stereocenters. The van der Waals surface area contributed by atoms with Gasteiger partial charge in [-0.3, -0.25) is 0 Å². The van der Waals surface area contributed by atoms with Crippen LogP contribution in [-0.2, 0) is 5.60 Å². The molecule has 1 aliphatic heterocycles. The second-order valence-electron chi connectivity index (χ2n) is 4.42. The van der Waals surface area contributed by atoms with Crippen molar-refractivity contribution in [2.24, 2.45) is 4.99 Å². The minimum absolute atomic E-state index is 0.722. The van der Waals surface area contributed by atoms with Gasteiger partial charge in [0, 0.05) is 5.56 Å². The Bertz CT molecular complexity index is 585. The highest BCUT2D eigenvalue weighted by molar-refractivity contribution is 6.11. The predicted molar refractivity (Wildman–Crippen MR) is 68.7 cm³/mol. The van der Waals surface area contributed by atoms with Gasteiger partial charge in [-0.1, -0.05) is 48.5 Å². The third-order valence-electron chi connectivity index (χ3n) is 3.17. The summed E-state index contributed by atoms with van der Waals surface area (Å²) in [7, 11) is 0. The standard InChI is InChI=1S/C15H13NO/c1-15(17)12-9-5-6-10-13(12)16-14(15)11-7-3-2-4-8-11/h2-10,17H,1H3/t15-/m1/s1. The predicted octanol–water partition coefficient (Wildman–Crippen LogP) is 3.03. The third-order valence-corrected chi connectivity index (χ3v) is 3.17. The van der Waals surface area contributed by atoms with Crippen molar-refractivity contribution in [3.8, 4) is 0 Å². The van der Waals surface area contributed by atoms with Crippen molar-refractivity contribution >= 4 is 11.4 Å². The van der Waals surface area contributed by atoms with Crippen LogP contribution in [0.25, 0.3) is 0 Å². The largest absolute Gasteiger partial charge is 0.379 e. The Labute approximate surface area is 100 Å². The molecule has 1 aliphatic rings. The van der Waals surface area contributed by atoms with Gasteiger partial charge in [0.05, 0.1) is 11.4 Å². The Hall–Kier alpha value is -1.93. The molecule has 2 heteroatoms. The highest BCUT2D eigenvalue weighted by Gasteiger charge is 2.37. The molecule has 0 amide bonds. The van der Waals surface area contributed by atoms with Gasteiger partial charge in [0.25, 0.3) is 0 Å². The third kappa shape index (κ3) is 1.49. The molecule has 2 aromatic rings. The van der Waals surface area contributed by atoms with Crippen LogP contribution in [-0.4, -0.2) is 10.8 Å². The molecule has 0 aromatic heterocycles. The average Bonchev–Trinajstić information content (AvgIpc) is 2.63. The number of benzene rings is 2. The van der Waals surface area contributed by atoms with Crippen LogP contribution in [0.5, 0.6) is 0 Å². The summed E-state index contributed by atoms with van der Waals surface area (Å²) in [6.07, 6.45) is 0. The van der Waals surface area contributed by atoms with Crippen LogP contribution in [0, 0.1) is 0 Å². The van der Waals surface area contributed by atoms with Crippen molar-refractivity contribution < 1.29 is 5.11 Å². The van der Waals surface area contributed by atoms with E-state index in [1.54, 1.807) is 6.92 Å². The van der Waals surface area contributed by atoms with E-state index < -0.39 is 5.60 Å². The average molecular weight is 223 g/mol. The molecule has 1 heterocycles. The van der Waals surface area contributed by atoms with Crippen LogP contribution in [0.1, 0.15) is 18.1 Å². The monoisotopic (exact) mass is 223 g/mol. The molecule has 1 N–H and O–H groups in total. The van der Waals surface area contributed by atoms with E-state index in [2.05, 4.69) is 4.99 Å². The van der Waals surface area contributed by atoms with Gasteiger partial charge in [-0.05, 0) is 18.6 Å². The summed E-state index contributed by atoms with van der Waals surface area (Å²) in [4.78, 5) is 4.54. The lowest BCUT2D eigenvalue weighted by atomic mass is 9.89. The normalized spacial score (nSPS) is 22.1. The van der Waals surface area contributed by atoms with E-state index in [1.807, 2.05) is 54.6 Å². The maximum Gasteiger partial charge on any atom is 0.131 e. The zero-order valence-corrected chi connectivity index (χ0v) is 9.59. The minimum atomic E-state index is -1.00. The number of aliphatic hydroxyl groups is 1. The molecule has 0 aliphatic carbocycles. The van der Waals surface area contributed by atoms with E-state index in [-0.39, 0.29) is 0 Å². The highest BCUT2D eigenvalue weighted by atomic mass is 16.3. The Morgan fingerprint density at radius 3 is 2.29 bits per heavy atom. The number of hydrogen-bond acceptors (Lipinski definition) is 2. The zero-order chi connectivity index (χ0) is 11.9. The number of rotatable bonds is 1. The van der Waals surface area contributed by atoms with Crippen LogP contribution in [0.2, 0.25) is 0 Å². The maximum atomic E-state index is 10.6. The van der Waals surface area contributed by atoms with Crippen molar-refractivity contribution in [1.29, 1.82) is 0 Å². The molecule has 2 aromatic carbocycles. The van der Waals surface area contributed by atoms with Gasteiger partial charge < -0.3 is 5.11 Å². The maximum absolute atomic E-state index is 10.6. The lowest BCUT2D eigenvalue weighted by Gasteiger charge is -2.20. The van der Waals surface area contributed by atoms with Gasteiger partial charge in [-0.2, -0.15) is 0 Å². The molecule has 0 saturated carbocycles. The summed E-state index contributed by atoms with van der Waals surface area (Å²) in [6.45, 7) is 1.80. The smallest absolute Gasteiger partial charge is 0.131 e. The fraction of sp³-hybridized carbons (Fsp3) is 0.133. The van der Waals surface area contributed by atoms with Crippen molar-refractivity contribution in [2.45, 2.75) is 12.5 Å². The Morgan fingerprint density at radius 2 is 1.59 bits per heavy atom. The van der Waals surface area contributed by atoms with Gasteiger partial charge in [-0.15, -0.1) is 0 Å². The van der Waals surface area contributed by atoms with Crippen LogP contribution in [0.4, 0.5) is 5.69 Å². The number of aliphatic imine (C=N–C) groups is 1. The SMILES string of the molecule is C[C@]1(O)C(c2ccccc2)=Nc2ccccc21. The van der Waals surface area contributed by atoms with Crippen LogP contribution in [0.3, 0.4) is 0 Å². The van der Waals surface area contributed by atoms with Gasteiger partial charge in [0.2, 0.25) is 0 Å². The summed E-state index contributed by atoms with van der Waals surface area (Å²) in [6, 6.07) is 17.5. The number of fused-ring (bicyclic) bond motifs is 1. The fourth-order valence-electron chi connectivity index (χ4n) is 2.28. The van der Waals surface area contributed by atoms with E-state index >= 15 is 0 Å². The lowest BCUT2D eigenvalue weighted by molar-refractivity contribution is 0.138. The minimum Gasteiger partial charge on any atom is -0.379 e. The van der Waals surface area contributed by atoms with Crippen LogP contribution < -0.4 is 0 Å². The number of nitrogens with zero attached hydrogens (tertiary/aromatic N) is 1. The Balaban J connectivity index is 2.17. The van der Waals surface area contributed by atoms with Gasteiger partial charge in [0.15, 0.2) is 0 Å². The molecule has 0 fully saturated rings. The van der Waals surface area contributed by atoms with E-state index in [9.17, 15) is 5.11 Å². The first-order valence-corrected chi connectivity index (χ1v) is 5.66. The zero-order valence-electron chi connectivity index (χ0n) is 9.59. The molecular weight excluding hydrogens is 210 g/mol.